The molecule has 0 fully saturated rings. The van der Waals surface area contributed by atoms with Crippen LogP contribution in [0.2, 0.25) is 0 Å². The van der Waals surface area contributed by atoms with E-state index in [4.69, 9.17) is 5.11 Å². The average Bonchev–Trinajstić information content (AvgIpc) is 2.94. The predicted molar refractivity (Wildman–Crippen MR) is 67.5 cm³/mol. The number of aliphatic hydroxyl groups is 1. The van der Waals surface area contributed by atoms with Gasteiger partial charge in [0.15, 0.2) is 5.65 Å². The van der Waals surface area contributed by atoms with Crippen molar-refractivity contribution in [1.29, 1.82) is 0 Å². The standard InChI is InChI=1S/C12H11N3OS/c16-7-5-10-14-9-3-1-6-13-12(9)15(10)11-4-2-8-17-11/h1-4,6,8,16H,5,7H2. The van der Waals surface area contributed by atoms with E-state index in [-0.39, 0.29) is 6.61 Å². The first kappa shape index (κ1) is 10.4. The van der Waals surface area contributed by atoms with Crippen LogP contribution in [0.15, 0.2) is 35.8 Å². The molecular weight excluding hydrogens is 234 g/mol. The van der Waals surface area contributed by atoms with Crippen LogP contribution in [0.3, 0.4) is 0 Å². The lowest BCUT2D eigenvalue weighted by Crippen LogP contribution is -2.02. The number of thiophene rings is 1. The third-order valence-electron chi connectivity index (χ3n) is 2.55. The monoisotopic (exact) mass is 245 g/mol. The van der Waals surface area contributed by atoms with Gasteiger partial charge < -0.3 is 5.11 Å². The van der Waals surface area contributed by atoms with Crippen molar-refractivity contribution in [3.05, 3.63) is 41.7 Å². The van der Waals surface area contributed by atoms with E-state index in [1.165, 1.54) is 0 Å². The van der Waals surface area contributed by atoms with E-state index in [2.05, 4.69) is 9.97 Å². The SMILES string of the molecule is OCCc1nc2cccnc2n1-c1cccs1. The Hall–Kier alpha value is -1.72. The topological polar surface area (TPSA) is 50.9 Å². The van der Waals surface area contributed by atoms with Gasteiger partial charge in [-0.05, 0) is 29.6 Å². The van der Waals surface area contributed by atoms with E-state index in [0.29, 0.717) is 6.42 Å². The molecule has 0 amide bonds. The second-order valence-electron chi connectivity index (χ2n) is 3.63. The number of rotatable bonds is 3. The van der Waals surface area contributed by atoms with Crippen LogP contribution in [0.1, 0.15) is 5.82 Å². The smallest absolute Gasteiger partial charge is 0.165 e. The minimum atomic E-state index is 0.0920. The van der Waals surface area contributed by atoms with E-state index < -0.39 is 0 Å². The Morgan fingerprint density at radius 2 is 2.24 bits per heavy atom. The zero-order valence-corrected chi connectivity index (χ0v) is 9.89. The van der Waals surface area contributed by atoms with Crippen LogP contribution < -0.4 is 0 Å². The summed E-state index contributed by atoms with van der Waals surface area (Å²) in [4.78, 5) is 8.87. The molecule has 3 rings (SSSR count). The number of imidazole rings is 1. The number of nitrogens with zero attached hydrogens (tertiary/aromatic N) is 3. The molecule has 3 aromatic rings. The lowest BCUT2D eigenvalue weighted by molar-refractivity contribution is 0.296. The summed E-state index contributed by atoms with van der Waals surface area (Å²) in [6.45, 7) is 0.0920. The number of aliphatic hydroxyl groups excluding tert-OH is 1. The predicted octanol–water partition coefficient (Wildman–Crippen LogP) is 2.02. The van der Waals surface area contributed by atoms with Crippen LogP contribution in [-0.4, -0.2) is 26.2 Å². The molecule has 86 valence electrons. The van der Waals surface area contributed by atoms with Crippen molar-refractivity contribution in [3.63, 3.8) is 0 Å². The van der Waals surface area contributed by atoms with Gasteiger partial charge in [0.2, 0.25) is 0 Å². The molecule has 0 aliphatic carbocycles. The Morgan fingerprint density at radius 1 is 1.29 bits per heavy atom. The van der Waals surface area contributed by atoms with Gasteiger partial charge in [-0.2, -0.15) is 0 Å². The second kappa shape index (κ2) is 4.27. The van der Waals surface area contributed by atoms with Crippen molar-refractivity contribution in [3.8, 4) is 5.00 Å². The molecule has 1 N–H and O–H groups in total. The summed E-state index contributed by atoms with van der Waals surface area (Å²) < 4.78 is 2.01. The molecule has 3 heterocycles. The number of aromatic nitrogens is 3. The quantitative estimate of drug-likeness (QED) is 0.768. The largest absolute Gasteiger partial charge is 0.396 e. The van der Waals surface area contributed by atoms with Gasteiger partial charge in [0.05, 0.1) is 6.61 Å². The van der Waals surface area contributed by atoms with Crippen LogP contribution in [0.4, 0.5) is 0 Å². The lowest BCUT2D eigenvalue weighted by Gasteiger charge is -2.04. The molecule has 0 radical (unpaired) electrons. The van der Waals surface area contributed by atoms with Gasteiger partial charge in [-0.25, -0.2) is 9.97 Å². The number of fused-ring (bicyclic) bond motifs is 1. The molecule has 3 aromatic heterocycles. The van der Waals surface area contributed by atoms with E-state index in [1.807, 2.05) is 34.2 Å². The van der Waals surface area contributed by atoms with Gasteiger partial charge in [0.1, 0.15) is 16.3 Å². The fourth-order valence-corrected chi connectivity index (χ4v) is 2.61. The highest BCUT2D eigenvalue weighted by atomic mass is 32.1. The van der Waals surface area contributed by atoms with Crippen molar-refractivity contribution in [2.45, 2.75) is 6.42 Å². The first-order chi connectivity index (χ1) is 8.40. The van der Waals surface area contributed by atoms with E-state index in [9.17, 15) is 0 Å². The molecule has 0 saturated carbocycles. The minimum Gasteiger partial charge on any atom is -0.396 e. The van der Waals surface area contributed by atoms with E-state index >= 15 is 0 Å². The molecule has 0 bridgehead atoms. The van der Waals surface area contributed by atoms with Gasteiger partial charge in [-0.3, -0.25) is 4.57 Å². The van der Waals surface area contributed by atoms with Crippen LogP contribution in [0.25, 0.3) is 16.2 Å². The maximum atomic E-state index is 9.10. The summed E-state index contributed by atoms with van der Waals surface area (Å²) in [5, 5.41) is 12.2. The molecule has 4 nitrogen and oxygen atoms in total. The molecule has 0 aliphatic rings. The Morgan fingerprint density at radius 3 is 3.00 bits per heavy atom. The first-order valence-corrected chi connectivity index (χ1v) is 6.25. The molecular formula is C12H11N3OS. The number of pyridine rings is 1. The third-order valence-corrected chi connectivity index (χ3v) is 3.40. The maximum Gasteiger partial charge on any atom is 0.165 e. The Kier molecular flexibility index (Phi) is 2.62. The fraction of sp³-hybridized carbons (Fsp3) is 0.167. The average molecular weight is 245 g/mol. The summed E-state index contributed by atoms with van der Waals surface area (Å²) in [6, 6.07) is 7.84. The Labute approximate surface area is 102 Å². The zero-order chi connectivity index (χ0) is 11.7. The Balaban J connectivity index is 2.28. The van der Waals surface area contributed by atoms with Gasteiger partial charge in [-0.1, -0.05) is 0 Å². The molecule has 0 aliphatic heterocycles. The minimum absolute atomic E-state index is 0.0920. The third kappa shape index (κ3) is 1.73. The first-order valence-electron chi connectivity index (χ1n) is 5.37. The number of hydrogen-bond acceptors (Lipinski definition) is 4. The van der Waals surface area contributed by atoms with Crippen LogP contribution in [-0.2, 0) is 6.42 Å². The molecule has 5 heteroatoms. The molecule has 0 aromatic carbocycles. The highest BCUT2D eigenvalue weighted by Crippen LogP contribution is 2.23. The van der Waals surface area contributed by atoms with Gasteiger partial charge in [0.25, 0.3) is 0 Å². The fourth-order valence-electron chi connectivity index (χ4n) is 1.86. The summed E-state index contributed by atoms with van der Waals surface area (Å²) in [6.07, 6.45) is 2.30. The summed E-state index contributed by atoms with van der Waals surface area (Å²) in [5.74, 6) is 0.851. The second-order valence-corrected chi connectivity index (χ2v) is 4.56. The van der Waals surface area contributed by atoms with Crippen molar-refractivity contribution in [2.24, 2.45) is 0 Å². The van der Waals surface area contributed by atoms with Crippen LogP contribution in [0.5, 0.6) is 0 Å². The van der Waals surface area contributed by atoms with Crippen LogP contribution >= 0.6 is 11.3 Å². The van der Waals surface area contributed by atoms with Gasteiger partial charge in [0, 0.05) is 12.6 Å². The van der Waals surface area contributed by atoms with Crippen LogP contribution in [0, 0.1) is 0 Å². The van der Waals surface area contributed by atoms with E-state index in [0.717, 1.165) is 22.0 Å². The molecule has 0 unspecified atom stereocenters. The highest BCUT2D eigenvalue weighted by molar-refractivity contribution is 7.12. The summed E-state index contributed by atoms with van der Waals surface area (Å²) in [7, 11) is 0. The Bertz CT molecular complexity index is 630. The lowest BCUT2D eigenvalue weighted by atomic mass is 10.4. The normalized spacial score (nSPS) is 11.1. The highest BCUT2D eigenvalue weighted by Gasteiger charge is 2.12. The van der Waals surface area contributed by atoms with Gasteiger partial charge >= 0.3 is 0 Å². The van der Waals surface area contributed by atoms with Crippen molar-refractivity contribution >= 4 is 22.5 Å². The van der Waals surface area contributed by atoms with Crippen molar-refractivity contribution in [1.82, 2.24) is 14.5 Å². The van der Waals surface area contributed by atoms with Crippen molar-refractivity contribution < 1.29 is 5.11 Å². The van der Waals surface area contributed by atoms with Gasteiger partial charge in [-0.15, -0.1) is 11.3 Å². The summed E-state index contributed by atoms with van der Waals surface area (Å²) in [5.41, 5.74) is 1.71. The van der Waals surface area contributed by atoms with Crippen molar-refractivity contribution in [2.75, 3.05) is 6.61 Å². The molecule has 0 saturated heterocycles. The zero-order valence-electron chi connectivity index (χ0n) is 9.08. The summed E-state index contributed by atoms with van der Waals surface area (Å²) >= 11 is 1.64. The number of hydrogen-bond donors (Lipinski definition) is 1. The van der Waals surface area contributed by atoms with E-state index in [1.54, 1.807) is 17.5 Å². The molecule has 17 heavy (non-hydrogen) atoms. The maximum absolute atomic E-state index is 9.10. The molecule has 0 spiro atoms. The molecule has 0 atom stereocenters.